The van der Waals surface area contributed by atoms with Gasteiger partial charge in [0, 0.05) is 19.6 Å². The van der Waals surface area contributed by atoms with Crippen LogP contribution in [0.3, 0.4) is 0 Å². The normalized spacial score (nSPS) is 19.8. The van der Waals surface area contributed by atoms with Gasteiger partial charge in [0.1, 0.15) is 0 Å². The fourth-order valence-corrected chi connectivity index (χ4v) is 2.60. The summed E-state index contributed by atoms with van der Waals surface area (Å²) in [5.41, 5.74) is 0. The van der Waals surface area contributed by atoms with Crippen molar-refractivity contribution >= 4 is 10.0 Å². The first-order chi connectivity index (χ1) is 6.64. The molecule has 84 valence electrons. The summed E-state index contributed by atoms with van der Waals surface area (Å²) in [6.07, 6.45) is 3.36. The Morgan fingerprint density at radius 1 is 1.21 bits per heavy atom. The molecular formula is C8H19N3O2S. The fourth-order valence-electron chi connectivity index (χ4n) is 1.46. The minimum absolute atomic E-state index is 0.139. The molecule has 0 aromatic rings. The van der Waals surface area contributed by atoms with Crippen molar-refractivity contribution in [2.75, 3.05) is 32.4 Å². The van der Waals surface area contributed by atoms with Gasteiger partial charge >= 0.3 is 0 Å². The lowest BCUT2D eigenvalue weighted by Gasteiger charge is -2.26. The second-order valence-corrected chi connectivity index (χ2v) is 5.38. The number of piperidine rings is 1. The lowest BCUT2D eigenvalue weighted by molar-refractivity contribution is 0.200. The van der Waals surface area contributed by atoms with Gasteiger partial charge in [-0.25, -0.2) is 13.4 Å². The van der Waals surface area contributed by atoms with Crippen LogP contribution in [0.25, 0.3) is 0 Å². The highest BCUT2D eigenvalue weighted by Gasteiger charge is 2.16. The standard InChI is InChI=1S/C8H19N3O2S/c1-9-5-8-14(12,13)10-11-6-3-2-4-7-11/h9-10H,2-8H2,1H3. The molecule has 1 heterocycles. The van der Waals surface area contributed by atoms with Crippen LogP contribution in [0.15, 0.2) is 0 Å². The minimum atomic E-state index is -3.13. The van der Waals surface area contributed by atoms with Gasteiger partial charge in [0.05, 0.1) is 5.75 Å². The zero-order chi connectivity index (χ0) is 10.4. The molecule has 0 amide bonds. The average molecular weight is 221 g/mol. The summed E-state index contributed by atoms with van der Waals surface area (Å²) in [7, 11) is -1.38. The first-order valence-corrected chi connectivity index (χ1v) is 6.69. The molecule has 1 fully saturated rings. The smallest absolute Gasteiger partial charge is 0.225 e. The van der Waals surface area contributed by atoms with E-state index in [0.29, 0.717) is 6.54 Å². The van der Waals surface area contributed by atoms with Gasteiger partial charge in [0.15, 0.2) is 0 Å². The van der Waals surface area contributed by atoms with Crippen LogP contribution >= 0.6 is 0 Å². The van der Waals surface area contributed by atoms with E-state index in [-0.39, 0.29) is 5.75 Å². The average Bonchev–Trinajstić information content (AvgIpc) is 2.16. The lowest BCUT2D eigenvalue weighted by atomic mass is 10.2. The molecule has 0 saturated carbocycles. The lowest BCUT2D eigenvalue weighted by Crippen LogP contribution is -2.46. The Balaban J connectivity index is 2.33. The molecule has 0 aromatic heterocycles. The van der Waals surface area contributed by atoms with Gasteiger partial charge in [-0.3, -0.25) is 0 Å². The highest BCUT2D eigenvalue weighted by molar-refractivity contribution is 7.89. The maximum atomic E-state index is 11.5. The van der Waals surface area contributed by atoms with Crippen LogP contribution in [-0.4, -0.2) is 45.9 Å². The largest absolute Gasteiger partial charge is 0.319 e. The summed E-state index contributed by atoms with van der Waals surface area (Å²) in [5, 5.41) is 4.62. The van der Waals surface area contributed by atoms with Crippen molar-refractivity contribution < 1.29 is 8.42 Å². The van der Waals surface area contributed by atoms with Crippen molar-refractivity contribution in [3.63, 3.8) is 0 Å². The third kappa shape index (κ3) is 4.36. The third-order valence-electron chi connectivity index (χ3n) is 2.25. The summed E-state index contributed by atoms with van der Waals surface area (Å²) < 4.78 is 22.9. The summed E-state index contributed by atoms with van der Waals surface area (Å²) in [4.78, 5) is 2.60. The Hall–Kier alpha value is -0.170. The van der Waals surface area contributed by atoms with E-state index < -0.39 is 10.0 Å². The molecule has 1 aliphatic rings. The zero-order valence-electron chi connectivity index (χ0n) is 8.62. The van der Waals surface area contributed by atoms with E-state index in [1.54, 1.807) is 12.1 Å². The van der Waals surface area contributed by atoms with E-state index in [1.807, 2.05) is 0 Å². The van der Waals surface area contributed by atoms with Crippen molar-refractivity contribution in [2.45, 2.75) is 19.3 Å². The van der Waals surface area contributed by atoms with Gasteiger partial charge < -0.3 is 5.32 Å². The third-order valence-corrected chi connectivity index (χ3v) is 3.52. The van der Waals surface area contributed by atoms with Crippen LogP contribution < -0.4 is 10.1 Å². The van der Waals surface area contributed by atoms with E-state index in [0.717, 1.165) is 25.9 Å². The minimum Gasteiger partial charge on any atom is -0.319 e. The maximum absolute atomic E-state index is 11.5. The highest BCUT2D eigenvalue weighted by Crippen LogP contribution is 2.06. The molecule has 5 nitrogen and oxygen atoms in total. The van der Waals surface area contributed by atoms with Crippen molar-refractivity contribution in [3.05, 3.63) is 0 Å². The van der Waals surface area contributed by atoms with Gasteiger partial charge in [-0.05, 0) is 19.9 Å². The molecule has 1 aliphatic heterocycles. The molecule has 0 aliphatic carbocycles. The van der Waals surface area contributed by atoms with Crippen LogP contribution in [0.5, 0.6) is 0 Å². The van der Waals surface area contributed by atoms with Crippen molar-refractivity contribution in [3.8, 4) is 0 Å². The van der Waals surface area contributed by atoms with Gasteiger partial charge in [0.2, 0.25) is 10.0 Å². The Morgan fingerprint density at radius 2 is 1.86 bits per heavy atom. The number of sulfonamides is 1. The molecular weight excluding hydrogens is 202 g/mol. The SMILES string of the molecule is CNCCS(=O)(=O)NN1CCCCC1. The molecule has 1 rings (SSSR count). The quantitative estimate of drug-likeness (QED) is 0.658. The first kappa shape index (κ1) is 11.9. The Morgan fingerprint density at radius 3 is 2.43 bits per heavy atom. The topological polar surface area (TPSA) is 61.4 Å². The van der Waals surface area contributed by atoms with E-state index in [9.17, 15) is 8.42 Å². The highest BCUT2D eigenvalue weighted by atomic mass is 32.2. The zero-order valence-corrected chi connectivity index (χ0v) is 9.44. The van der Waals surface area contributed by atoms with Gasteiger partial charge in [0.25, 0.3) is 0 Å². The van der Waals surface area contributed by atoms with E-state index in [2.05, 4.69) is 10.1 Å². The Bertz CT molecular complexity index is 247. The summed E-state index contributed by atoms with van der Waals surface area (Å²) >= 11 is 0. The first-order valence-electron chi connectivity index (χ1n) is 5.04. The van der Waals surface area contributed by atoms with E-state index in [1.165, 1.54) is 6.42 Å². The molecule has 0 unspecified atom stereocenters. The number of nitrogens with one attached hydrogen (secondary N) is 2. The van der Waals surface area contributed by atoms with Crippen molar-refractivity contribution in [1.29, 1.82) is 0 Å². The van der Waals surface area contributed by atoms with E-state index >= 15 is 0 Å². The van der Waals surface area contributed by atoms with Crippen LogP contribution in [-0.2, 0) is 10.0 Å². The van der Waals surface area contributed by atoms with Gasteiger partial charge in [-0.1, -0.05) is 6.42 Å². The molecule has 0 bridgehead atoms. The van der Waals surface area contributed by atoms with Crippen LogP contribution in [0.2, 0.25) is 0 Å². The van der Waals surface area contributed by atoms with Crippen molar-refractivity contribution in [2.24, 2.45) is 0 Å². The number of hydrogen-bond donors (Lipinski definition) is 2. The molecule has 1 saturated heterocycles. The second-order valence-electron chi connectivity index (χ2n) is 3.56. The molecule has 14 heavy (non-hydrogen) atoms. The number of rotatable bonds is 5. The summed E-state index contributed by atoms with van der Waals surface area (Å²) in [6, 6.07) is 0. The molecule has 0 aromatic carbocycles. The Kier molecular flexibility index (Phi) is 4.80. The fraction of sp³-hybridized carbons (Fsp3) is 1.00. The number of hydrazine groups is 1. The summed E-state index contributed by atoms with van der Waals surface area (Å²) in [6.45, 7) is 2.15. The summed E-state index contributed by atoms with van der Waals surface area (Å²) in [5.74, 6) is 0.139. The van der Waals surface area contributed by atoms with Crippen LogP contribution in [0.1, 0.15) is 19.3 Å². The van der Waals surface area contributed by atoms with Crippen molar-refractivity contribution in [1.82, 2.24) is 15.2 Å². The van der Waals surface area contributed by atoms with Crippen LogP contribution in [0, 0.1) is 0 Å². The second kappa shape index (κ2) is 5.65. The van der Waals surface area contributed by atoms with Gasteiger partial charge in [-0.15, -0.1) is 4.83 Å². The molecule has 2 N–H and O–H groups in total. The number of nitrogens with zero attached hydrogens (tertiary/aromatic N) is 1. The van der Waals surface area contributed by atoms with Gasteiger partial charge in [-0.2, -0.15) is 0 Å². The molecule has 0 radical (unpaired) electrons. The number of hydrogen-bond acceptors (Lipinski definition) is 4. The maximum Gasteiger partial charge on any atom is 0.225 e. The predicted molar refractivity (Wildman–Crippen MR) is 56.3 cm³/mol. The van der Waals surface area contributed by atoms with Crippen LogP contribution in [0.4, 0.5) is 0 Å². The van der Waals surface area contributed by atoms with E-state index in [4.69, 9.17) is 0 Å². The Labute approximate surface area is 85.9 Å². The monoisotopic (exact) mass is 221 g/mol. The molecule has 0 atom stereocenters. The predicted octanol–water partition coefficient (Wildman–Crippen LogP) is -0.474. The molecule has 0 spiro atoms. The molecule has 6 heteroatoms.